The van der Waals surface area contributed by atoms with Crippen LogP contribution in [0, 0.1) is 6.92 Å². The van der Waals surface area contributed by atoms with E-state index < -0.39 is 0 Å². The van der Waals surface area contributed by atoms with Crippen LogP contribution in [-0.2, 0) is 6.42 Å². The SMILES string of the molecule is Cc1cc2cccc(Cc3ccccc3)c2nc1NN. The van der Waals surface area contributed by atoms with Crippen molar-refractivity contribution in [1.82, 2.24) is 4.98 Å². The van der Waals surface area contributed by atoms with Gasteiger partial charge in [0.1, 0.15) is 5.82 Å². The van der Waals surface area contributed by atoms with Crippen LogP contribution < -0.4 is 11.3 Å². The van der Waals surface area contributed by atoms with Gasteiger partial charge in [-0.05, 0) is 36.1 Å². The van der Waals surface area contributed by atoms with Crippen molar-refractivity contribution in [1.29, 1.82) is 0 Å². The number of aromatic nitrogens is 1. The Morgan fingerprint density at radius 3 is 2.60 bits per heavy atom. The fourth-order valence-corrected chi connectivity index (χ4v) is 2.47. The lowest BCUT2D eigenvalue weighted by Crippen LogP contribution is -2.10. The van der Waals surface area contributed by atoms with E-state index in [1.54, 1.807) is 0 Å². The van der Waals surface area contributed by atoms with Crippen molar-refractivity contribution in [2.75, 3.05) is 5.43 Å². The summed E-state index contributed by atoms with van der Waals surface area (Å²) in [7, 11) is 0. The highest BCUT2D eigenvalue weighted by molar-refractivity contribution is 5.84. The van der Waals surface area contributed by atoms with Crippen LogP contribution in [0.25, 0.3) is 10.9 Å². The fourth-order valence-electron chi connectivity index (χ4n) is 2.47. The standard InChI is InChI=1S/C17H17N3/c1-12-10-14-8-5-9-15(16(14)19-17(12)20-18)11-13-6-3-2-4-7-13/h2-10H,11,18H2,1H3,(H,19,20). The van der Waals surface area contributed by atoms with E-state index in [0.717, 1.165) is 28.7 Å². The Balaban J connectivity index is 2.11. The largest absolute Gasteiger partial charge is 0.308 e. The molecule has 0 fully saturated rings. The summed E-state index contributed by atoms with van der Waals surface area (Å²) in [6, 6.07) is 18.8. The smallest absolute Gasteiger partial charge is 0.143 e. The van der Waals surface area contributed by atoms with E-state index in [1.165, 1.54) is 11.1 Å². The molecule has 0 saturated carbocycles. The molecule has 3 heteroatoms. The second-order valence-corrected chi connectivity index (χ2v) is 4.95. The summed E-state index contributed by atoms with van der Waals surface area (Å²) in [5.74, 6) is 6.27. The molecule has 0 spiro atoms. The number of hydrogen-bond donors (Lipinski definition) is 2. The van der Waals surface area contributed by atoms with Crippen molar-refractivity contribution in [3.8, 4) is 0 Å². The molecule has 0 aliphatic heterocycles. The summed E-state index contributed by atoms with van der Waals surface area (Å²) in [6.07, 6.45) is 0.873. The molecule has 100 valence electrons. The Kier molecular flexibility index (Phi) is 3.35. The Morgan fingerprint density at radius 2 is 1.85 bits per heavy atom. The Bertz CT molecular complexity index is 736. The van der Waals surface area contributed by atoms with Crippen LogP contribution in [0.15, 0.2) is 54.6 Å². The molecule has 3 N–H and O–H groups in total. The van der Waals surface area contributed by atoms with Gasteiger partial charge in [0.05, 0.1) is 5.52 Å². The molecule has 0 unspecified atom stereocenters. The average molecular weight is 263 g/mol. The number of hydrogen-bond acceptors (Lipinski definition) is 3. The summed E-state index contributed by atoms with van der Waals surface area (Å²) in [5.41, 5.74) is 7.22. The first-order chi connectivity index (χ1) is 9.78. The van der Waals surface area contributed by atoms with Gasteiger partial charge >= 0.3 is 0 Å². The first-order valence-corrected chi connectivity index (χ1v) is 6.68. The second-order valence-electron chi connectivity index (χ2n) is 4.95. The van der Waals surface area contributed by atoms with Crippen LogP contribution in [0.3, 0.4) is 0 Å². The molecule has 20 heavy (non-hydrogen) atoms. The van der Waals surface area contributed by atoms with Gasteiger partial charge in [-0.25, -0.2) is 10.8 Å². The maximum atomic E-state index is 5.53. The zero-order valence-corrected chi connectivity index (χ0v) is 11.4. The third-order valence-corrected chi connectivity index (χ3v) is 3.49. The highest BCUT2D eigenvalue weighted by atomic mass is 15.2. The zero-order chi connectivity index (χ0) is 13.9. The minimum absolute atomic E-state index is 0.734. The van der Waals surface area contributed by atoms with E-state index in [-0.39, 0.29) is 0 Å². The number of fused-ring (bicyclic) bond motifs is 1. The van der Waals surface area contributed by atoms with E-state index in [2.05, 4.69) is 58.9 Å². The van der Waals surface area contributed by atoms with Crippen LogP contribution in [0.1, 0.15) is 16.7 Å². The van der Waals surface area contributed by atoms with E-state index in [4.69, 9.17) is 5.84 Å². The number of nitrogen functional groups attached to an aromatic ring is 1. The summed E-state index contributed by atoms with van der Waals surface area (Å²) in [4.78, 5) is 4.65. The van der Waals surface area contributed by atoms with Gasteiger partial charge < -0.3 is 5.43 Å². The maximum absolute atomic E-state index is 5.53. The Morgan fingerprint density at radius 1 is 1.05 bits per heavy atom. The third kappa shape index (κ3) is 2.36. The van der Waals surface area contributed by atoms with Gasteiger partial charge in [0.15, 0.2) is 0 Å². The Labute approximate surface area is 118 Å². The lowest BCUT2D eigenvalue weighted by molar-refractivity contribution is 1.17. The third-order valence-electron chi connectivity index (χ3n) is 3.49. The summed E-state index contributed by atoms with van der Waals surface area (Å²) < 4.78 is 0. The molecule has 3 aromatic rings. The van der Waals surface area contributed by atoms with E-state index >= 15 is 0 Å². The van der Waals surface area contributed by atoms with E-state index in [1.807, 2.05) is 13.0 Å². The number of nitrogens with zero attached hydrogens (tertiary/aromatic N) is 1. The van der Waals surface area contributed by atoms with Crippen LogP contribution >= 0.6 is 0 Å². The molecule has 0 aliphatic rings. The lowest BCUT2D eigenvalue weighted by Gasteiger charge is -2.10. The first-order valence-electron chi connectivity index (χ1n) is 6.68. The van der Waals surface area contributed by atoms with Crippen molar-refractivity contribution >= 4 is 16.7 Å². The minimum Gasteiger partial charge on any atom is -0.308 e. The number of aryl methyl sites for hydroxylation is 1. The summed E-state index contributed by atoms with van der Waals surface area (Å²) >= 11 is 0. The number of para-hydroxylation sites is 1. The van der Waals surface area contributed by atoms with Gasteiger partial charge in [-0.2, -0.15) is 0 Å². The molecule has 2 aromatic carbocycles. The molecule has 3 nitrogen and oxygen atoms in total. The molecular formula is C17H17N3. The monoisotopic (exact) mass is 263 g/mol. The number of nitrogens with one attached hydrogen (secondary N) is 1. The maximum Gasteiger partial charge on any atom is 0.143 e. The van der Waals surface area contributed by atoms with E-state index in [0.29, 0.717) is 0 Å². The molecule has 0 radical (unpaired) electrons. The Hall–Kier alpha value is -2.39. The average Bonchev–Trinajstić information content (AvgIpc) is 2.48. The highest BCUT2D eigenvalue weighted by Crippen LogP contribution is 2.24. The van der Waals surface area contributed by atoms with Crippen molar-refractivity contribution in [3.63, 3.8) is 0 Å². The second kappa shape index (κ2) is 5.31. The topological polar surface area (TPSA) is 50.9 Å². The number of anilines is 1. The molecule has 1 heterocycles. The summed E-state index contributed by atoms with van der Waals surface area (Å²) in [5, 5.41) is 1.15. The van der Waals surface area contributed by atoms with Crippen molar-refractivity contribution < 1.29 is 0 Å². The van der Waals surface area contributed by atoms with Gasteiger partial charge in [-0.3, -0.25) is 0 Å². The molecule has 3 rings (SSSR count). The number of rotatable bonds is 3. The number of hydrazine groups is 1. The lowest BCUT2D eigenvalue weighted by atomic mass is 10.0. The molecule has 0 atom stereocenters. The van der Waals surface area contributed by atoms with Crippen molar-refractivity contribution in [3.05, 3.63) is 71.3 Å². The molecule has 0 amide bonds. The number of pyridine rings is 1. The van der Waals surface area contributed by atoms with Crippen LogP contribution in [-0.4, -0.2) is 4.98 Å². The molecule has 0 aliphatic carbocycles. The number of benzene rings is 2. The molecular weight excluding hydrogens is 246 g/mol. The van der Waals surface area contributed by atoms with Crippen LogP contribution in [0.5, 0.6) is 0 Å². The van der Waals surface area contributed by atoms with Crippen LogP contribution in [0.4, 0.5) is 5.82 Å². The quantitative estimate of drug-likeness (QED) is 0.562. The molecule has 1 aromatic heterocycles. The molecule has 0 bridgehead atoms. The predicted molar refractivity (Wildman–Crippen MR) is 83.5 cm³/mol. The van der Waals surface area contributed by atoms with Gasteiger partial charge in [0.2, 0.25) is 0 Å². The first kappa shape index (κ1) is 12.6. The molecule has 0 saturated heterocycles. The van der Waals surface area contributed by atoms with Gasteiger partial charge in [0.25, 0.3) is 0 Å². The van der Waals surface area contributed by atoms with Crippen LogP contribution in [0.2, 0.25) is 0 Å². The normalized spacial score (nSPS) is 10.7. The van der Waals surface area contributed by atoms with Crippen molar-refractivity contribution in [2.45, 2.75) is 13.3 Å². The number of nitrogens with two attached hydrogens (primary N) is 1. The van der Waals surface area contributed by atoms with Gasteiger partial charge in [0, 0.05) is 5.39 Å². The van der Waals surface area contributed by atoms with Crippen molar-refractivity contribution in [2.24, 2.45) is 5.84 Å². The fraction of sp³-hybridized carbons (Fsp3) is 0.118. The zero-order valence-electron chi connectivity index (χ0n) is 11.4. The minimum atomic E-state index is 0.734. The summed E-state index contributed by atoms with van der Waals surface area (Å²) in [6.45, 7) is 2.01. The highest BCUT2D eigenvalue weighted by Gasteiger charge is 2.07. The van der Waals surface area contributed by atoms with E-state index in [9.17, 15) is 0 Å². The predicted octanol–water partition coefficient (Wildman–Crippen LogP) is 3.42. The van der Waals surface area contributed by atoms with Gasteiger partial charge in [-0.15, -0.1) is 0 Å². The van der Waals surface area contributed by atoms with Gasteiger partial charge in [-0.1, -0.05) is 48.5 Å².